The van der Waals surface area contributed by atoms with E-state index < -0.39 is 0 Å². The van der Waals surface area contributed by atoms with Crippen molar-refractivity contribution in [3.05, 3.63) is 75.2 Å². The number of ether oxygens (including phenoxy) is 1. The van der Waals surface area contributed by atoms with E-state index in [9.17, 15) is 4.79 Å². The zero-order valence-electron chi connectivity index (χ0n) is 20.2. The summed E-state index contributed by atoms with van der Waals surface area (Å²) in [5.41, 5.74) is 3.73. The minimum Gasteiger partial charge on any atom is -0.468 e. The smallest absolute Gasteiger partial charge is 0.252 e. The summed E-state index contributed by atoms with van der Waals surface area (Å²) in [5.74, 6) is 1.58. The highest BCUT2D eigenvalue weighted by Gasteiger charge is 2.27. The molecule has 1 unspecified atom stereocenters. The van der Waals surface area contributed by atoms with Gasteiger partial charge in [0.1, 0.15) is 5.76 Å². The highest BCUT2D eigenvalue weighted by atomic mass is 16.5. The van der Waals surface area contributed by atoms with Crippen LogP contribution in [-0.2, 0) is 24.4 Å². The first kappa shape index (κ1) is 23.8. The van der Waals surface area contributed by atoms with E-state index in [2.05, 4.69) is 45.3 Å². The zero-order chi connectivity index (χ0) is 24.1. The number of fused-ring (bicyclic) bond motifs is 1. The van der Waals surface area contributed by atoms with Crippen LogP contribution in [0.1, 0.15) is 54.1 Å². The third kappa shape index (κ3) is 5.26. The SMILES string of the molecule is CCCC(c1nnnn1CCOC)N(Cc1ccco1)Cc1cc2c(C)cc(C)cc2[nH]c1=O. The topological polar surface area (TPSA) is 102 Å². The van der Waals surface area contributed by atoms with E-state index in [4.69, 9.17) is 9.15 Å². The van der Waals surface area contributed by atoms with Crippen molar-refractivity contribution in [1.29, 1.82) is 0 Å². The highest BCUT2D eigenvalue weighted by Crippen LogP contribution is 2.28. The fraction of sp³-hybridized carbons (Fsp3) is 0.440. The van der Waals surface area contributed by atoms with Crippen molar-refractivity contribution in [1.82, 2.24) is 30.1 Å². The number of nitrogens with zero attached hydrogens (tertiary/aromatic N) is 5. The zero-order valence-corrected chi connectivity index (χ0v) is 20.2. The van der Waals surface area contributed by atoms with Gasteiger partial charge in [0.25, 0.3) is 5.56 Å². The van der Waals surface area contributed by atoms with E-state index in [1.807, 2.05) is 31.2 Å². The van der Waals surface area contributed by atoms with Crippen LogP contribution in [-0.4, -0.2) is 43.8 Å². The largest absolute Gasteiger partial charge is 0.468 e. The van der Waals surface area contributed by atoms with Crippen LogP contribution >= 0.6 is 0 Å². The molecule has 0 spiro atoms. The van der Waals surface area contributed by atoms with Crippen LogP contribution in [0.3, 0.4) is 0 Å². The lowest BCUT2D eigenvalue weighted by molar-refractivity contribution is 0.138. The lowest BCUT2D eigenvalue weighted by Crippen LogP contribution is -2.32. The average Bonchev–Trinajstić information content (AvgIpc) is 3.48. The molecule has 0 bridgehead atoms. The van der Waals surface area contributed by atoms with Gasteiger partial charge in [0, 0.05) is 30.1 Å². The number of benzene rings is 1. The molecule has 0 fully saturated rings. The Morgan fingerprint density at radius 3 is 2.82 bits per heavy atom. The highest BCUT2D eigenvalue weighted by molar-refractivity contribution is 5.83. The van der Waals surface area contributed by atoms with Crippen LogP contribution in [0.25, 0.3) is 10.9 Å². The Labute approximate surface area is 198 Å². The fourth-order valence-corrected chi connectivity index (χ4v) is 4.47. The number of tetrazole rings is 1. The van der Waals surface area contributed by atoms with Gasteiger partial charge in [0.15, 0.2) is 5.82 Å². The molecule has 4 rings (SSSR count). The quantitative estimate of drug-likeness (QED) is 0.359. The summed E-state index contributed by atoms with van der Waals surface area (Å²) in [6.07, 6.45) is 3.43. The Kier molecular flexibility index (Phi) is 7.54. The molecule has 0 aliphatic rings. The van der Waals surface area contributed by atoms with E-state index in [0.29, 0.717) is 31.8 Å². The van der Waals surface area contributed by atoms with Gasteiger partial charge in [-0.25, -0.2) is 4.68 Å². The van der Waals surface area contributed by atoms with Crippen molar-refractivity contribution in [3.8, 4) is 0 Å². The minimum absolute atomic E-state index is 0.0869. The minimum atomic E-state index is -0.101. The molecule has 0 aliphatic carbocycles. The number of hydrogen-bond donors (Lipinski definition) is 1. The summed E-state index contributed by atoms with van der Waals surface area (Å²) in [5, 5.41) is 13.5. The first-order chi connectivity index (χ1) is 16.5. The molecular weight excluding hydrogens is 432 g/mol. The van der Waals surface area contributed by atoms with Crippen LogP contribution in [0, 0.1) is 13.8 Å². The van der Waals surface area contributed by atoms with Crippen molar-refractivity contribution in [3.63, 3.8) is 0 Å². The number of rotatable bonds is 11. The predicted molar refractivity (Wildman–Crippen MR) is 129 cm³/mol. The number of aromatic nitrogens is 5. The lowest BCUT2D eigenvalue weighted by Gasteiger charge is -2.30. The molecule has 0 amide bonds. The Balaban J connectivity index is 1.74. The third-order valence-electron chi connectivity index (χ3n) is 6.07. The molecule has 180 valence electrons. The van der Waals surface area contributed by atoms with Gasteiger partial charge in [-0.15, -0.1) is 5.10 Å². The maximum atomic E-state index is 13.1. The van der Waals surface area contributed by atoms with Crippen LogP contribution in [0.2, 0.25) is 0 Å². The second kappa shape index (κ2) is 10.8. The molecule has 3 aromatic heterocycles. The van der Waals surface area contributed by atoms with Crippen LogP contribution in [0.5, 0.6) is 0 Å². The van der Waals surface area contributed by atoms with Gasteiger partial charge < -0.3 is 14.1 Å². The number of H-pyrrole nitrogens is 1. The van der Waals surface area contributed by atoms with E-state index >= 15 is 0 Å². The normalized spacial score (nSPS) is 12.6. The molecule has 1 atom stereocenters. The molecular formula is C25H32N6O3. The standard InChI is InChI=1S/C25H32N6O3/c1-5-7-23(24-27-28-29-31(24)9-11-33-4)30(16-20-8-6-10-34-20)15-19-14-21-18(3)12-17(2)13-22(21)26-25(19)32/h6,8,10,12-14,23H,5,7,9,11,15-16H2,1-4H3,(H,26,32). The summed E-state index contributed by atoms with van der Waals surface area (Å²) in [6.45, 7) is 8.27. The van der Waals surface area contributed by atoms with E-state index in [0.717, 1.165) is 46.5 Å². The number of hydrogen-bond acceptors (Lipinski definition) is 7. The van der Waals surface area contributed by atoms with Crippen LogP contribution < -0.4 is 5.56 Å². The summed E-state index contributed by atoms with van der Waals surface area (Å²) in [6, 6.07) is 9.87. The maximum Gasteiger partial charge on any atom is 0.252 e. The number of furan rings is 1. The molecule has 3 heterocycles. The van der Waals surface area contributed by atoms with Gasteiger partial charge in [0.05, 0.1) is 32.0 Å². The van der Waals surface area contributed by atoms with Gasteiger partial charge in [-0.1, -0.05) is 19.4 Å². The number of pyridine rings is 1. The molecule has 0 radical (unpaired) electrons. The van der Waals surface area contributed by atoms with Gasteiger partial charge in [-0.05, 0) is 66.1 Å². The first-order valence-electron chi connectivity index (χ1n) is 11.6. The lowest BCUT2D eigenvalue weighted by atomic mass is 10.0. The number of nitrogens with one attached hydrogen (secondary N) is 1. The Morgan fingerprint density at radius 2 is 2.09 bits per heavy atom. The first-order valence-corrected chi connectivity index (χ1v) is 11.6. The molecule has 1 N–H and O–H groups in total. The van der Waals surface area contributed by atoms with Gasteiger partial charge >= 0.3 is 0 Å². The Hall–Kier alpha value is -3.30. The van der Waals surface area contributed by atoms with Gasteiger partial charge in [-0.2, -0.15) is 0 Å². The Bertz CT molecular complexity index is 1280. The molecule has 0 saturated heterocycles. The monoisotopic (exact) mass is 464 g/mol. The van der Waals surface area contributed by atoms with Gasteiger partial charge in [-0.3, -0.25) is 9.69 Å². The molecule has 1 aromatic carbocycles. The second-order valence-corrected chi connectivity index (χ2v) is 8.71. The van der Waals surface area contributed by atoms with E-state index in [1.54, 1.807) is 18.1 Å². The molecule has 4 aromatic rings. The van der Waals surface area contributed by atoms with Crippen molar-refractivity contribution < 1.29 is 9.15 Å². The van der Waals surface area contributed by atoms with Crippen molar-refractivity contribution >= 4 is 10.9 Å². The molecule has 9 nitrogen and oxygen atoms in total. The third-order valence-corrected chi connectivity index (χ3v) is 6.07. The van der Waals surface area contributed by atoms with E-state index in [1.165, 1.54) is 0 Å². The van der Waals surface area contributed by atoms with Crippen molar-refractivity contribution in [2.45, 2.75) is 59.3 Å². The fourth-order valence-electron chi connectivity index (χ4n) is 4.47. The predicted octanol–water partition coefficient (Wildman–Crippen LogP) is 3.91. The summed E-state index contributed by atoms with van der Waals surface area (Å²) < 4.78 is 12.7. The van der Waals surface area contributed by atoms with E-state index in [-0.39, 0.29) is 11.6 Å². The molecule has 9 heteroatoms. The number of aromatic amines is 1. The molecule has 0 aliphatic heterocycles. The van der Waals surface area contributed by atoms with Crippen LogP contribution in [0.15, 0.2) is 45.8 Å². The second-order valence-electron chi connectivity index (χ2n) is 8.71. The van der Waals surface area contributed by atoms with Gasteiger partial charge in [0.2, 0.25) is 0 Å². The summed E-state index contributed by atoms with van der Waals surface area (Å²) in [7, 11) is 1.66. The van der Waals surface area contributed by atoms with Crippen molar-refractivity contribution in [2.75, 3.05) is 13.7 Å². The maximum absolute atomic E-state index is 13.1. The number of aryl methyl sites for hydroxylation is 2. The summed E-state index contributed by atoms with van der Waals surface area (Å²) in [4.78, 5) is 18.4. The molecule has 0 saturated carbocycles. The molecule has 34 heavy (non-hydrogen) atoms. The van der Waals surface area contributed by atoms with Crippen LogP contribution in [0.4, 0.5) is 0 Å². The van der Waals surface area contributed by atoms with Crippen molar-refractivity contribution in [2.24, 2.45) is 0 Å². The number of methoxy groups -OCH3 is 1. The summed E-state index contributed by atoms with van der Waals surface area (Å²) >= 11 is 0. The average molecular weight is 465 g/mol. The Morgan fingerprint density at radius 1 is 1.24 bits per heavy atom.